The summed E-state index contributed by atoms with van der Waals surface area (Å²) in [5.41, 5.74) is 0.0128. The van der Waals surface area contributed by atoms with Crippen molar-refractivity contribution < 1.29 is 0 Å². The fourth-order valence-electron chi connectivity index (χ4n) is 0.412. The molecule has 0 aliphatic carbocycles. The van der Waals surface area contributed by atoms with Gasteiger partial charge in [-0.2, -0.15) is 10.2 Å². The minimum absolute atomic E-state index is 0.00639. The molecule has 2 heteroatoms. The van der Waals surface area contributed by atoms with Crippen molar-refractivity contribution in [1.29, 1.82) is 0 Å². The highest BCUT2D eigenvalue weighted by atomic mass is 15.2. The second kappa shape index (κ2) is 4.01. The van der Waals surface area contributed by atoms with Gasteiger partial charge in [0.25, 0.3) is 0 Å². The van der Waals surface area contributed by atoms with E-state index in [4.69, 9.17) is 0 Å². The zero-order valence-electron chi connectivity index (χ0n) is 9.31. The van der Waals surface area contributed by atoms with Crippen molar-refractivity contribution in [1.82, 2.24) is 0 Å². The van der Waals surface area contributed by atoms with Gasteiger partial charge in [-0.25, -0.2) is 0 Å². The Kier molecular flexibility index (Phi) is 3.88. The Bertz CT molecular complexity index is 139. The van der Waals surface area contributed by atoms with Crippen molar-refractivity contribution in [3.8, 4) is 0 Å². The molecule has 0 aliphatic heterocycles. The second-order valence-electron chi connectivity index (χ2n) is 4.53. The predicted octanol–water partition coefficient (Wildman–Crippen LogP) is 3.82. The molecule has 0 atom stereocenters. The maximum atomic E-state index is 4.34. The Morgan fingerprint density at radius 1 is 0.750 bits per heavy atom. The lowest BCUT2D eigenvalue weighted by Gasteiger charge is -2.20. The number of nitrogens with zero attached hydrogens (tertiary/aromatic N) is 2. The van der Waals surface area contributed by atoms with Crippen molar-refractivity contribution in [2.45, 2.75) is 65.5 Å². The SMILES string of the molecule is CCC(C)(C)/N=N/C(C)(C)CC. The number of azo groups is 1. The van der Waals surface area contributed by atoms with Gasteiger partial charge in [-0.3, -0.25) is 0 Å². The summed E-state index contributed by atoms with van der Waals surface area (Å²) < 4.78 is 0. The minimum Gasteiger partial charge on any atom is -0.187 e. The molecule has 0 unspecified atom stereocenters. The molecule has 0 heterocycles. The molecule has 0 bridgehead atoms. The Morgan fingerprint density at radius 2 is 1.00 bits per heavy atom. The number of hydrogen-bond acceptors (Lipinski definition) is 2. The average Bonchev–Trinajstić information content (AvgIpc) is 2.02. The van der Waals surface area contributed by atoms with E-state index >= 15 is 0 Å². The first-order valence-corrected chi connectivity index (χ1v) is 4.77. The molecular formula is C10H22N2. The van der Waals surface area contributed by atoms with E-state index in [1.807, 2.05) is 0 Å². The van der Waals surface area contributed by atoms with Gasteiger partial charge in [-0.1, -0.05) is 13.8 Å². The van der Waals surface area contributed by atoms with Gasteiger partial charge in [-0.05, 0) is 40.5 Å². The molecule has 0 amide bonds. The lowest BCUT2D eigenvalue weighted by atomic mass is 10.0. The molecule has 0 aromatic rings. The summed E-state index contributed by atoms with van der Waals surface area (Å²) in [6.07, 6.45) is 2.08. The van der Waals surface area contributed by atoms with Gasteiger partial charge in [0.2, 0.25) is 0 Å². The van der Waals surface area contributed by atoms with Crippen molar-refractivity contribution >= 4 is 0 Å². The van der Waals surface area contributed by atoms with Crippen LogP contribution >= 0.6 is 0 Å². The van der Waals surface area contributed by atoms with E-state index in [0.29, 0.717) is 0 Å². The maximum absolute atomic E-state index is 4.34. The molecule has 0 saturated heterocycles. The molecule has 0 aliphatic rings. The second-order valence-corrected chi connectivity index (χ2v) is 4.53. The highest BCUT2D eigenvalue weighted by molar-refractivity contribution is 4.78. The van der Waals surface area contributed by atoms with E-state index in [1.165, 1.54) is 0 Å². The third kappa shape index (κ3) is 4.47. The van der Waals surface area contributed by atoms with Gasteiger partial charge in [0.1, 0.15) is 0 Å². The molecule has 0 fully saturated rings. The van der Waals surface area contributed by atoms with Crippen LogP contribution in [0, 0.1) is 0 Å². The van der Waals surface area contributed by atoms with Crippen LogP contribution in [0.15, 0.2) is 10.2 Å². The molecule has 0 saturated carbocycles. The normalized spacial score (nSPS) is 14.2. The molecule has 2 nitrogen and oxygen atoms in total. The summed E-state index contributed by atoms with van der Waals surface area (Å²) in [5.74, 6) is 0. The highest BCUT2D eigenvalue weighted by Crippen LogP contribution is 2.20. The lowest BCUT2D eigenvalue weighted by molar-refractivity contribution is 0.405. The summed E-state index contributed by atoms with van der Waals surface area (Å²) in [6.45, 7) is 12.7. The molecule has 0 rings (SSSR count). The molecular weight excluding hydrogens is 148 g/mol. The summed E-state index contributed by atoms with van der Waals surface area (Å²) in [4.78, 5) is 0. The van der Waals surface area contributed by atoms with E-state index in [2.05, 4.69) is 51.8 Å². The Labute approximate surface area is 76.5 Å². The maximum Gasteiger partial charge on any atom is 0.0757 e. The van der Waals surface area contributed by atoms with E-state index in [1.54, 1.807) is 0 Å². The molecule has 0 aromatic heterocycles. The largest absolute Gasteiger partial charge is 0.187 e. The van der Waals surface area contributed by atoms with Crippen LogP contribution in [0.4, 0.5) is 0 Å². The lowest BCUT2D eigenvalue weighted by Crippen LogP contribution is -2.19. The molecule has 0 aromatic carbocycles. The van der Waals surface area contributed by atoms with E-state index < -0.39 is 0 Å². The van der Waals surface area contributed by atoms with Crippen LogP contribution in [0.1, 0.15) is 54.4 Å². The van der Waals surface area contributed by atoms with Gasteiger partial charge in [0.15, 0.2) is 0 Å². The third-order valence-electron chi connectivity index (χ3n) is 2.32. The molecule has 12 heavy (non-hydrogen) atoms. The topological polar surface area (TPSA) is 24.7 Å². The quantitative estimate of drug-likeness (QED) is 0.573. The van der Waals surface area contributed by atoms with Crippen LogP contribution in [-0.2, 0) is 0 Å². The van der Waals surface area contributed by atoms with Gasteiger partial charge < -0.3 is 0 Å². The molecule has 0 spiro atoms. The van der Waals surface area contributed by atoms with E-state index in [0.717, 1.165) is 12.8 Å². The van der Waals surface area contributed by atoms with E-state index in [9.17, 15) is 0 Å². The number of rotatable bonds is 4. The molecule has 0 N–H and O–H groups in total. The summed E-state index contributed by atoms with van der Waals surface area (Å²) in [7, 11) is 0. The van der Waals surface area contributed by atoms with Crippen molar-refractivity contribution in [3.05, 3.63) is 0 Å². The first-order chi connectivity index (χ1) is 5.33. The average molecular weight is 170 g/mol. The number of hydrogen-bond donors (Lipinski definition) is 0. The van der Waals surface area contributed by atoms with Gasteiger partial charge >= 0.3 is 0 Å². The Hall–Kier alpha value is -0.400. The Morgan fingerprint density at radius 3 is 1.17 bits per heavy atom. The summed E-state index contributed by atoms with van der Waals surface area (Å²) in [5, 5.41) is 8.68. The van der Waals surface area contributed by atoms with Crippen LogP contribution in [0.5, 0.6) is 0 Å². The fraction of sp³-hybridized carbons (Fsp3) is 1.00. The Balaban J connectivity index is 4.23. The highest BCUT2D eigenvalue weighted by Gasteiger charge is 2.17. The zero-order chi connectivity index (χ0) is 9.83. The van der Waals surface area contributed by atoms with Gasteiger partial charge in [0.05, 0.1) is 11.1 Å². The van der Waals surface area contributed by atoms with Crippen molar-refractivity contribution in [3.63, 3.8) is 0 Å². The first-order valence-electron chi connectivity index (χ1n) is 4.77. The standard InChI is InChI=1S/C10H22N2/c1-7-9(3,4)11-12-10(5,6)8-2/h7-8H2,1-6H3/b12-11+. The summed E-state index contributed by atoms with van der Waals surface area (Å²) in [6, 6.07) is 0. The third-order valence-corrected chi connectivity index (χ3v) is 2.32. The van der Waals surface area contributed by atoms with Crippen LogP contribution in [0.2, 0.25) is 0 Å². The predicted molar refractivity (Wildman–Crippen MR) is 53.6 cm³/mol. The first kappa shape index (κ1) is 11.6. The van der Waals surface area contributed by atoms with Crippen LogP contribution in [-0.4, -0.2) is 11.1 Å². The molecule has 72 valence electrons. The van der Waals surface area contributed by atoms with Crippen molar-refractivity contribution in [2.24, 2.45) is 10.2 Å². The van der Waals surface area contributed by atoms with Crippen LogP contribution in [0.25, 0.3) is 0 Å². The van der Waals surface area contributed by atoms with Crippen LogP contribution < -0.4 is 0 Å². The zero-order valence-corrected chi connectivity index (χ0v) is 9.31. The van der Waals surface area contributed by atoms with Crippen LogP contribution in [0.3, 0.4) is 0 Å². The monoisotopic (exact) mass is 170 g/mol. The fourth-order valence-corrected chi connectivity index (χ4v) is 0.412. The minimum atomic E-state index is 0.00639. The summed E-state index contributed by atoms with van der Waals surface area (Å²) >= 11 is 0. The van der Waals surface area contributed by atoms with Gasteiger partial charge in [-0.15, -0.1) is 0 Å². The molecule has 0 radical (unpaired) electrons. The van der Waals surface area contributed by atoms with Gasteiger partial charge in [0, 0.05) is 0 Å². The smallest absolute Gasteiger partial charge is 0.0757 e. The van der Waals surface area contributed by atoms with E-state index in [-0.39, 0.29) is 11.1 Å². The van der Waals surface area contributed by atoms with Crippen molar-refractivity contribution in [2.75, 3.05) is 0 Å².